The largest absolute Gasteiger partial charge is 0.452 e. The van der Waals surface area contributed by atoms with Crippen LogP contribution in [0.3, 0.4) is 0 Å². The Kier molecular flexibility index (Phi) is 6.48. The molecule has 2 aromatic carbocycles. The van der Waals surface area contributed by atoms with E-state index in [4.69, 9.17) is 0 Å². The third-order valence-corrected chi connectivity index (χ3v) is 3.35. The van der Waals surface area contributed by atoms with Gasteiger partial charge in [-0.05, 0) is 29.8 Å². The molecule has 0 radical (unpaired) electrons. The molecule has 0 heterocycles. The molecule has 0 saturated carbocycles. The van der Waals surface area contributed by atoms with Crippen molar-refractivity contribution in [2.75, 3.05) is 11.9 Å². The number of anilines is 1. The normalized spacial score (nSPS) is 11.2. The Labute approximate surface area is 156 Å². The van der Waals surface area contributed by atoms with Crippen molar-refractivity contribution in [3.8, 4) is 0 Å². The number of esters is 1. The molecule has 146 valence electrons. The van der Waals surface area contributed by atoms with Crippen LogP contribution in [0, 0.1) is 10.1 Å². The number of nitro groups is 1. The molecule has 0 spiro atoms. The second-order valence-corrected chi connectivity index (χ2v) is 5.39. The van der Waals surface area contributed by atoms with E-state index in [0.29, 0.717) is 0 Å². The molecular formula is C18H13F3N2O5. The molecule has 0 aliphatic carbocycles. The molecule has 0 bridgehead atoms. The molecule has 0 fully saturated rings. The highest BCUT2D eigenvalue weighted by molar-refractivity contribution is 5.96. The molecule has 1 N–H and O–H groups in total. The summed E-state index contributed by atoms with van der Waals surface area (Å²) in [6.07, 6.45) is -2.53. The molecule has 0 aliphatic heterocycles. The number of ether oxygens (including phenoxy) is 1. The number of para-hydroxylation sites is 2. The minimum atomic E-state index is -4.51. The number of halogens is 3. The van der Waals surface area contributed by atoms with Crippen LogP contribution in [0.4, 0.5) is 24.5 Å². The van der Waals surface area contributed by atoms with Gasteiger partial charge in [-0.15, -0.1) is 0 Å². The average Bonchev–Trinajstić information content (AvgIpc) is 2.64. The van der Waals surface area contributed by atoms with Crippen molar-refractivity contribution in [2.24, 2.45) is 0 Å². The number of alkyl halides is 3. The van der Waals surface area contributed by atoms with Gasteiger partial charge >= 0.3 is 12.1 Å². The zero-order chi connectivity index (χ0) is 20.7. The lowest BCUT2D eigenvalue weighted by Crippen LogP contribution is -2.20. The van der Waals surface area contributed by atoms with Crippen molar-refractivity contribution >= 4 is 29.3 Å². The van der Waals surface area contributed by atoms with Crippen LogP contribution < -0.4 is 5.32 Å². The van der Waals surface area contributed by atoms with Crippen LogP contribution in [0.5, 0.6) is 0 Å². The summed E-state index contributed by atoms with van der Waals surface area (Å²) in [5.41, 5.74) is -1.14. The average molecular weight is 394 g/mol. The summed E-state index contributed by atoms with van der Waals surface area (Å²) in [5.74, 6) is -1.77. The van der Waals surface area contributed by atoms with Gasteiger partial charge in [0.1, 0.15) is 5.69 Å². The van der Waals surface area contributed by atoms with Gasteiger partial charge in [-0.3, -0.25) is 14.9 Å². The topological polar surface area (TPSA) is 98.5 Å². The predicted octanol–water partition coefficient (Wildman–Crippen LogP) is 3.81. The quantitative estimate of drug-likeness (QED) is 0.348. The van der Waals surface area contributed by atoms with Gasteiger partial charge in [-0.2, -0.15) is 13.2 Å². The van der Waals surface area contributed by atoms with Crippen molar-refractivity contribution in [3.63, 3.8) is 0 Å². The second kappa shape index (κ2) is 8.80. The van der Waals surface area contributed by atoms with Gasteiger partial charge in [0, 0.05) is 12.1 Å². The maximum atomic E-state index is 12.6. The molecule has 0 aliphatic rings. The summed E-state index contributed by atoms with van der Waals surface area (Å²) >= 11 is 0. The molecule has 28 heavy (non-hydrogen) atoms. The standard InChI is InChI=1S/C18H13F3N2O5/c19-18(20,21)13-5-3-4-12(10-13)8-9-17(25)28-11-16(24)22-14-6-1-2-7-15(14)23(26)27/h1-10H,11H2,(H,22,24)/b9-8+. The van der Waals surface area contributed by atoms with E-state index in [-0.39, 0.29) is 16.9 Å². The Bertz CT molecular complexity index is 925. The highest BCUT2D eigenvalue weighted by Gasteiger charge is 2.30. The number of benzene rings is 2. The summed E-state index contributed by atoms with van der Waals surface area (Å²) in [5, 5.41) is 13.1. The SMILES string of the molecule is O=C(COC(=O)/C=C/c1cccc(C(F)(F)F)c1)Nc1ccccc1[N+](=O)[O-]. The van der Waals surface area contributed by atoms with E-state index < -0.39 is 35.1 Å². The van der Waals surface area contributed by atoms with Crippen molar-refractivity contribution in [1.29, 1.82) is 0 Å². The first-order valence-corrected chi connectivity index (χ1v) is 7.72. The first kappa shape index (κ1) is 20.6. The number of hydrogen-bond donors (Lipinski definition) is 1. The van der Waals surface area contributed by atoms with Crippen molar-refractivity contribution in [3.05, 3.63) is 75.8 Å². The number of nitrogens with one attached hydrogen (secondary N) is 1. The van der Waals surface area contributed by atoms with Crippen LogP contribution in [0.15, 0.2) is 54.6 Å². The van der Waals surface area contributed by atoms with Crippen LogP contribution in [-0.4, -0.2) is 23.4 Å². The molecule has 0 aromatic heterocycles. The van der Waals surface area contributed by atoms with Gasteiger partial charge in [-0.25, -0.2) is 4.79 Å². The van der Waals surface area contributed by atoms with Gasteiger partial charge in [0.2, 0.25) is 0 Å². The maximum Gasteiger partial charge on any atom is 0.416 e. The monoisotopic (exact) mass is 394 g/mol. The van der Waals surface area contributed by atoms with Crippen molar-refractivity contribution < 1.29 is 32.4 Å². The van der Waals surface area contributed by atoms with Crippen LogP contribution >= 0.6 is 0 Å². The Morgan fingerprint density at radius 2 is 1.86 bits per heavy atom. The van der Waals surface area contributed by atoms with Crippen LogP contribution in [0.25, 0.3) is 6.08 Å². The first-order chi connectivity index (χ1) is 13.2. The molecule has 7 nitrogen and oxygen atoms in total. The summed E-state index contributed by atoms with van der Waals surface area (Å²) in [6, 6.07) is 9.70. The summed E-state index contributed by atoms with van der Waals surface area (Å²) < 4.78 is 42.6. The maximum absolute atomic E-state index is 12.6. The number of carbonyl (C=O) groups is 2. The predicted molar refractivity (Wildman–Crippen MR) is 93.2 cm³/mol. The highest BCUT2D eigenvalue weighted by Crippen LogP contribution is 2.29. The fourth-order valence-electron chi connectivity index (χ4n) is 2.09. The van der Waals surface area contributed by atoms with E-state index in [0.717, 1.165) is 24.3 Å². The number of nitrogens with zero attached hydrogens (tertiary/aromatic N) is 1. The fourth-order valence-corrected chi connectivity index (χ4v) is 2.09. The van der Waals surface area contributed by atoms with Gasteiger partial charge in [-0.1, -0.05) is 24.3 Å². The molecule has 0 unspecified atom stereocenters. The molecule has 2 rings (SSSR count). The third kappa shape index (κ3) is 5.94. The smallest absolute Gasteiger partial charge is 0.416 e. The lowest BCUT2D eigenvalue weighted by atomic mass is 10.1. The van der Waals surface area contributed by atoms with E-state index in [2.05, 4.69) is 10.1 Å². The minimum Gasteiger partial charge on any atom is -0.452 e. The van der Waals surface area contributed by atoms with Crippen molar-refractivity contribution in [2.45, 2.75) is 6.18 Å². The lowest BCUT2D eigenvalue weighted by molar-refractivity contribution is -0.383. The van der Waals surface area contributed by atoms with Gasteiger partial charge in [0.05, 0.1) is 10.5 Å². The van der Waals surface area contributed by atoms with Crippen LogP contribution in [-0.2, 0) is 20.5 Å². The number of amides is 1. The number of rotatable bonds is 6. The molecular weight excluding hydrogens is 381 g/mol. The molecule has 0 saturated heterocycles. The zero-order valence-electron chi connectivity index (χ0n) is 14.1. The van der Waals surface area contributed by atoms with E-state index in [1.54, 1.807) is 0 Å². The van der Waals surface area contributed by atoms with Crippen LogP contribution in [0.2, 0.25) is 0 Å². The molecule has 2 aromatic rings. The van der Waals surface area contributed by atoms with Gasteiger partial charge < -0.3 is 10.1 Å². The second-order valence-electron chi connectivity index (χ2n) is 5.39. The Morgan fingerprint density at radius 3 is 2.54 bits per heavy atom. The fraction of sp³-hybridized carbons (Fsp3) is 0.111. The number of nitro benzene ring substituents is 1. The van der Waals surface area contributed by atoms with E-state index in [1.807, 2.05) is 0 Å². The Morgan fingerprint density at radius 1 is 1.14 bits per heavy atom. The lowest BCUT2D eigenvalue weighted by Gasteiger charge is -2.07. The molecule has 1 amide bonds. The highest BCUT2D eigenvalue weighted by atomic mass is 19.4. The Hall–Kier alpha value is -3.69. The summed E-state index contributed by atoms with van der Waals surface area (Å²) in [4.78, 5) is 33.6. The molecule has 10 heteroatoms. The summed E-state index contributed by atoms with van der Waals surface area (Å²) in [6.45, 7) is -0.724. The van der Waals surface area contributed by atoms with Crippen molar-refractivity contribution in [1.82, 2.24) is 0 Å². The van der Waals surface area contributed by atoms with Gasteiger partial charge in [0.25, 0.3) is 11.6 Å². The van der Waals surface area contributed by atoms with Crippen LogP contribution in [0.1, 0.15) is 11.1 Å². The Balaban J connectivity index is 1.91. The number of carbonyl (C=O) groups excluding carboxylic acids is 2. The molecule has 0 atom stereocenters. The first-order valence-electron chi connectivity index (χ1n) is 7.72. The van der Waals surface area contributed by atoms with E-state index in [1.165, 1.54) is 36.4 Å². The number of hydrogen-bond acceptors (Lipinski definition) is 5. The third-order valence-electron chi connectivity index (χ3n) is 3.35. The summed E-state index contributed by atoms with van der Waals surface area (Å²) in [7, 11) is 0. The van der Waals surface area contributed by atoms with E-state index >= 15 is 0 Å². The van der Waals surface area contributed by atoms with E-state index in [9.17, 15) is 32.9 Å². The zero-order valence-corrected chi connectivity index (χ0v) is 14.1. The minimum absolute atomic E-state index is 0.0620. The van der Waals surface area contributed by atoms with Gasteiger partial charge in [0.15, 0.2) is 6.61 Å².